The molecule has 2 fully saturated rings. The van der Waals surface area contributed by atoms with E-state index in [-0.39, 0.29) is 11.5 Å². The number of carboxylic acids is 1. The first-order chi connectivity index (χ1) is 10.0. The van der Waals surface area contributed by atoms with Crippen molar-refractivity contribution in [2.75, 3.05) is 0 Å². The summed E-state index contributed by atoms with van der Waals surface area (Å²) in [5.74, 6) is -0.870. The van der Waals surface area contributed by atoms with Crippen LogP contribution in [0.15, 0.2) is 12.1 Å². The van der Waals surface area contributed by atoms with Gasteiger partial charge in [0.15, 0.2) is 0 Å². The minimum atomic E-state index is -0.990. The molecule has 0 radical (unpaired) electrons. The number of piperidine rings is 1. The van der Waals surface area contributed by atoms with Crippen molar-refractivity contribution in [3.63, 3.8) is 0 Å². The zero-order chi connectivity index (χ0) is 15.1. The summed E-state index contributed by atoms with van der Waals surface area (Å²) in [5.41, 5.74) is 0.912. The Morgan fingerprint density at radius 2 is 1.90 bits per heavy atom. The molecule has 2 N–H and O–H groups in total. The second-order valence-electron chi connectivity index (χ2n) is 5.78. The van der Waals surface area contributed by atoms with E-state index in [1.165, 1.54) is 12.4 Å². The maximum absolute atomic E-state index is 11.5. The predicted molar refractivity (Wildman–Crippen MR) is 82.8 cm³/mol. The van der Waals surface area contributed by atoms with Gasteiger partial charge in [0.05, 0.1) is 11.9 Å². The number of hydrogen-bond donors (Lipinski definition) is 2. The molecule has 0 aromatic heterocycles. The molecule has 2 saturated heterocycles. The van der Waals surface area contributed by atoms with E-state index in [0.29, 0.717) is 27.7 Å². The van der Waals surface area contributed by atoms with Crippen LogP contribution in [0.25, 0.3) is 0 Å². The quantitative estimate of drug-likeness (QED) is 0.651. The molecule has 0 amide bonds. The van der Waals surface area contributed by atoms with Crippen molar-refractivity contribution >= 4 is 35.5 Å². The zero-order valence-electron chi connectivity index (χ0n) is 11.4. The molecule has 0 unspecified atom stereocenters. The third-order valence-electron chi connectivity index (χ3n) is 4.67. The van der Waals surface area contributed by atoms with Crippen LogP contribution in [0.2, 0.25) is 10.0 Å². The predicted octanol–water partition coefficient (Wildman–Crippen LogP) is 4.01. The van der Waals surface area contributed by atoms with Crippen LogP contribution in [-0.4, -0.2) is 34.4 Å². The normalized spacial score (nSPS) is 27.7. The van der Waals surface area contributed by atoms with Crippen LogP contribution < -0.4 is 0 Å². The molecule has 21 heavy (non-hydrogen) atoms. The summed E-state index contributed by atoms with van der Waals surface area (Å²) in [5, 5.41) is 17.7. The van der Waals surface area contributed by atoms with E-state index in [4.69, 9.17) is 28.6 Å². The average Bonchev–Trinajstić information content (AvgIpc) is 2.66. The van der Waals surface area contributed by atoms with E-state index in [2.05, 4.69) is 4.90 Å². The van der Waals surface area contributed by atoms with Crippen molar-refractivity contribution in [2.24, 2.45) is 0 Å². The molecule has 112 valence electrons. The van der Waals surface area contributed by atoms with Crippen molar-refractivity contribution in [3.05, 3.63) is 33.3 Å². The Morgan fingerprint density at radius 3 is 2.43 bits per heavy atom. The summed E-state index contributed by atoms with van der Waals surface area (Å²) < 4.78 is 0. The van der Waals surface area contributed by atoms with Crippen molar-refractivity contribution < 1.29 is 9.90 Å². The lowest BCUT2D eigenvalue weighted by molar-refractivity contribution is 0.0694. The summed E-state index contributed by atoms with van der Waals surface area (Å²) in [6.07, 6.45) is 5.22. The molecule has 0 saturated carbocycles. The number of hydrogen-bond acceptors (Lipinski definition) is 2. The standard InChI is InChI=1S/C15H16Cl2N2O2/c16-9-5-12(15(20)21)14(13(17)6-9)8-3-10-1-2-11(4-8)19(10)7-18/h5-8,10-11,18H,1-4H2,(H,20,21)/t8-,10+,11-. The summed E-state index contributed by atoms with van der Waals surface area (Å²) >= 11 is 12.2. The number of carboxylic acid groups (broad SMARTS) is 1. The van der Waals surface area contributed by atoms with Gasteiger partial charge in [-0.15, -0.1) is 0 Å². The van der Waals surface area contributed by atoms with Crippen molar-refractivity contribution in [3.8, 4) is 0 Å². The summed E-state index contributed by atoms with van der Waals surface area (Å²) in [7, 11) is 0. The highest BCUT2D eigenvalue weighted by Crippen LogP contribution is 2.45. The Kier molecular flexibility index (Phi) is 3.84. The van der Waals surface area contributed by atoms with Gasteiger partial charge in [-0.2, -0.15) is 0 Å². The second-order valence-corrected chi connectivity index (χ2v) is 6.63. The van der Waals surface area contributed by atoms with Gasteiger partial charge in [0.25, 0.3) is 0 Å². The highest BCUT2D eigenvalue weighted by Gasteiger charge is 2.41. The molecule has 3 rings (SSSR count). The molecular weight excluding hydrogens is 311 g/mol. The van der Waals surface area contributed by atoms with E-state index in [1.54, 1.807) is 6.07 Å². The lowest BCUT2D eigenvalue weighted by Gasteiger charge is -2.38. The molecule has 2 aliphatic heterocycles. The molecule has 1 aromatic carbocycles. The lowest BCUT2D eigenvalue weighted by atomic mass is 9.83. The average molecular weight is 327 g/mol. The third kappa shape index (κ3) is 2.51. The van der Waals surface area contributed by atoms with E-state index in [1.807, 2.05) is 0 Å². The first kappa shape index (κ1) is 14.7. The van der Waals surface area contributed by atoms with Crippen LogP contribution in [0.1, 0.15) is 47.5 Å². The SMILES string of the molecule is N=CN1[C@@H]2CC[C@H]1C[C@@H](c1c(Cl)cc(Cl)cc1C(=O)O)C2. The number of benzene rings is 1. The number of nitrogens with one attached hydrogen (secondary N) is 1. The summed E-state index contributed by atoms with van der Waals surface area (Å²) in [4.78, 5) is 13.6. The van der Waals surface area contributed by atoms with Gasteiger partial charge in [-0.25, -0.2) is 4.79 Å². The van der Waals surface area contributed by atoms with Crippen molar-refractivity contribution in [2.45, 2.75) is 43.7 Å². The molecule has 1 aromatic rings. The molecule has 2 aliphatic rings. The first-order valence-electron chi connectivity index (χ1n) is 7.01. The van der Waals surface area contributed by atoms with Gasteiger partial charge in [0, 0.05) is 22.1 Å². The number of halogens is 2. The molecule has 6 heteroatoms. The fraction of sp³-hybridized carbons (Fsp3) is 0.467. The fourth-order valence-electron chi connectivity index (χ4n) is 3.84. The number of fused-ring (bicyclic) bond motifs is 2. The zero-order valence-corrected chi connectivity index (χ0v) is 12.9. The van der Waals surface area contributed by atoms with Crippen LogP contribution in [0, 0.1) is 5.41 Å². The van der Waals surface area contributed by atoms with Gasteiger partial charge in [0.1, 0.15) is 0 Å². The van der Waals surface area contributed by atoms with Gasteiger partial charge < -0.3 is 10.0 Å². The van der Waals surface area contributed by atoms with Crippen molar-refractivity contribution in [1.29, 1.82) is 5.41 Å². The van der Waals surface area contributed by atoms with Gasteiger partial charge in [-0.05, 0) is 49.3 Å². The first-order valence-corrected chi connectivity index (χ1v) is 7.77. The summed E-state index contributed by atoms with van der Waals surface area (Å²) in [6, 6.07) is 3.74. The minimum Gasteiger partial charge on any atom is -0.478 e. The Bertz CT molecular complexity index is 592. The van der Waals surface area contributed by atoms with E-state index < -0.39 is 5.97 Å². The van der Waals surface area contributed by atoms with Gasteiger partial charge in [-0.1, -0.05) is 23.2 Å². The van der Waals surface area contributed by atoms with Crippen molar-refractivity contribution in [1.82, 2.24) is 4.90 Å². The van der Waals surface area contributed by atoms with E-state index >= 15 is 0 Å². The maximum atomic E-state index is 11.5. The number of rotatable bonds is 3. The van der Waals surface area contributed by atoms with Gasteiger partial charge >= 0.3 is 5.97 Å². The summed E-state index contributed by atoms with van der Waals surface area (Å²) in [6.45, 7) is 0. The number of aromatic carboxylic acids is 1. The fourth-order valence-corrected chi connectivity index (χ4v) is 4.48. The van der Waals surface area contributed by atoms with E-state index in [9.17, 15) is 9.90 Å². The molecule has 4 nitrogen and oxygen atoms in total. The minimum absolute atomic E-state index is 0.120. The van der Waals surface area contributed by atoms with Crippen LogP contribution in [-0.2, 0) is 0 Å². The maximum Gasteiger partial charge on any atom is 0.336 e. The highest BCUT2D eigenvalue weighted by atomic mass is 35.5. The van der Waals surface area contributed by atoms with Crippen LogP contribution in [0.3, 0.4) is 0 Å². The molecule has 3 atom stereocenters. The lowest BCUT2D eigenvalue weighted by Crippen LogP contribution is -2.41. The Morgan fingerprint density at radius 1 is 1.29 bits per heavy atom. The van der Waals surface area contributed by atoms with Crippen LogP contribution >= 0.6 is 23.2 Å². The largest absolute Gasteiger partial charge is 0.478 e. The van der Waals surface area contributed by atoms with Crippen LogP contribution in [0.4, 0.5) is 0 Å². The van der Waals surface area contributed by atoms with Gasteiger partial charge in [0.2, 0.25) is 0 Å². The van der Waals surface area contributed by atoms with Gasteiger partial charge in [-0.3, -0.25) is 5.41 Å². The number of carbonyl (C=O) groups is 1. The molecule has 0 aliphatic carbocycles. The Hall–Kier alpha value is -1.26. The molecule has 2 heterocycles. The highest BCUT2D eigenvalue weighted by molar-refractivity contribution is 6.35. The topological polar surface area (TPSA) is 64.4 Å². The second kappa shape index (κ2) is 5.50. The smallest absolute Gasteiger partial charge is 0.336 e. The van der Waals surface area contributed by atoms with Crippen LogP contribution in [0.5, 0.6) is 0 Å². The number of nitrogens with zero attached hydrogens (tertiary/aromatic N) is 1. The Balaban J connectivity index is 1.99. The molecule has 2 bridgehead atoms. The van der Waals surface area contributed by atoms with E-state index in [0.717, 1.165) is 25.7 Å². The third-order valence-corrected chi connectivity index (χ3v) is 5.20. The molecule has 0 spiro atoms. The Labute approximate surface area is 133 Å². The molecular formula is C15H16Cl2N2O2. The monoisotopic (exact) mass is 326 g/mol.